The molecule has 0 saturated heterocycles. The predicted molar refractivity (Wildman–Crippen MR) is 98.0 cm³/mol. The van der Waals surface area contributed by atoms with E-state index < -0.39 is 5.79 Å². The monoisotopic (exact) mass is 346 g/mol. The second-order valence-corrected chi connectivity index (χ2v) is 9.77. The standard InChI is InChI=1S/C22H34O3/c1-14-12-21(3)17(8-9-18(21)23)16-7-6-15-13-22(24-4,25-5)11-10-20(15,2)19(14)16/h15-17,19H,1,6-13H2,2-5H3/t15-,16-,17-,19-,20-,21-/m0/s1. The van der Waals surface area contributed by atoms with Crippen LogP contribution in [0.3, 0.4) is 0 Å². The Bertz CT molecular complexity index is 592. The largest absolute Gasteiger partial charge is 0.353 e. The zero-order chi connectivity index (χ0) is 18.0. The highest BCUT2D eigenvalue weighted by Crippen LogP contribution is 2.67. The van der Waals surface area contributed by atoms with Gasteiger partial charge in [-0.05, 0) is 61.2 Å². The van der Waals surface area contributed by atoms with Crippen molar-refractivity contribution in [1.29, 1.82) is 0 Å². The van der Waals surface area contributed by atoms with Crippen LogP contribution in [0.4, 0.5) is 0 Å². The molecule has 0 aromatic carbocycles. The average Bonchev–Trinajstić information content (AvgIpc) is 2.89. The molecule has 0 heterocycles. The van der Waals surface area contributed by atoms with Gasteiger partial charge in [-0.3, -0.25) is 4.79 Å². The minimum atomic E-state index is -0.398. The molecule has 3 heteroatoms. The number of carbonyl (C=O) groups excluding carboxylic acids is 1. The number of fused-ring (bicyclic) bond motifs is 5. The van der Waals surface area contributed by atoms with Crippen LogP contribution >= 0.6 is 0 Å². The van der Waals surface area contributed by atoms with Gasteiger partial charge in [0, 0.05) is 38.9 Å². The van der Waals surface area contributed by atoms with E-state index in [1.54, 1.807) is 14.2 Å². The van der Waals surface area contributed by atoms with Gasteiger partial charge in [-0.1, -0.05) is 26.0 Å². The Hall–Kier alpha value is -0.670. The molecule has 140 valence electrons. The van der Waals surface area contributed by atoms with Gasteiger partial charge >= 0.3 is 0 Å². The van der Waals surface area contributed by atoms with Gasteiger partial charge in [0.05, 0.1) is 0 Å². The van der Waals surface area contributed by atoms with Gasteiger partial charge in [0.2, 0.25) is 0 Å². The maximum Gasteiger partial charge on any atom is 0.167 e. The maximum atomic E-state index is 12.6. The van der Waals surface area contributed by atoms with Gasteiger partial charge in [-0.25, -0.2) is 0 Å². The van der Waals surface area contributed by atoms with Crippen molar-refractivity contribution in [2.24, 2.45) is 34.5 Å². The lowest BCUT2D eigenvalue weighted by Crippen LogP contribution is -2.57. The number of allylic oxidation sites excluding steroid dienone is 1. The van der Waals surface area contributed by atoms with Gasteiger partial charge in [0.15, 0.2) is 5.79 Å². The summed E-state index contributed by atoms with van der Waals surface area (Å²) in [4.78, 5) is 12.6. The van der Waals surface area contributed by atoms with Crippen molar-refractivity contribution in [2.45, 2.75) is 71.0 Å². The van der Waals surface area contributed by atoms with E-state index in [0.717, 1.165) is 38.5 Å². The van der Waals surface area contributed by atoms with E-state index in [0.29, 0.717) is 29.5 Å². The minimum Gasteiger partial charge on any atom is -0.353 e. The number of Topliss-reactive ketones (excluding diaryl/α,β-unsaturated/α-hetero) is 1. The fourth-order valence-corrected chi connectivity index (χ4v) is 7.52. The van der Waals surface area contributed by atoms with Crippen LogP contribution in [-0.2, 0) is 14.3 Å². The van der Waals surface area contributed by atoms with Crippen LogP contribution in [0.5, 0.6) is 0 Å². The van der Waals surface area contributed by atoms with E-state index in [-0.39, 0.29) is 10.8 Å². The predicted octanol–water partition coefficient (Wildman–Crippen LogP) is 4.75. The lowest BCUT2D eigenvalue weighted by Gasteiger charge is -2.62. The number of hydrogen-bond acceptors (Lipinski definition) is 3. The Labute approximate surface area is 152 Å². The smallest absolute Gasteiger partial charge is 0.167 e. The van der Waals surface area contributed by atoms with E-state index in [1.807, 2.05) is 0 Å². The van der Waals surface area contributed by atoms with Crippen molar-refractivity contribution >= 4 is 5.78 Å². The topological polar surface area (TPSA) is 35.5 Å². The highest BCUT2D eigenvalue weighted by atomic mass is 16.7. The van der Waals surface area contributed by atoms with Crippen LogP contribution in [-0.4, -0.2) is 25.8 Å². The Balaban J connectivity index is 1.66. The molecule has 6 atom stereocenters. The molecule has 0 bridgehead atoms. The molecular formula is C22H34O3. The summed E-state index contributed by atoms with van der Waals surface area (Å²) in [5.41, 5.74) is 1.51. The van der Waals surface area contributed by atoms with Crippen molar-refractivity contribution in [3.63, 3.8) is 0 Å². The number of carbonyl (C=O) groups is 1. The quantitative estimate of drug-likeness (QED) is 0.534. The lowest BCUT2D eigenvalue weighted by atomic mass is 9.44. The van der Waals surface area contributed by atoms with Crippen LogP contribution in [0.15, 0.2) is 12.2 Å². The molecule has 0 N–H and O–H groups in total. The molecule has 3 nitrogen and oxygen atoms in total. The first kappa shape index (κ1) is 17.7. The molecular weight excluding hydrogens is 312 g/mol. The SMILES string of the molecule is C=C1C[C@]2(C)C(=O)CC[C@H]2[C@@H]2CC[C@H]3CC(OC)(OC)CC[C@]3(C)[C@@H]12. The first-order valence-electron chi connectivity index (χ1n) is 10.1. The minimum absolute atomic E-state index is 0.126. The molecule has 25 heavy (non-hydrogen) atoms. The molecule has 4 saturated carbocycles. The number of rotatable bonds is 2. The Morgan fingerprint density at radius 3 is 2.48 bits per heavy atom. The zero-order valence-corrected chi connectivity index (χ0v) is 16.4. The van der Waals surface area contributed by atoms with E-state index in [4.69, 9.17) is 9.47 Å². The highest BCUT2D eigenvalue weighted by molar-refractivity contribution is 5.87. The van der Waals surface area contributed by atoms with E-state index in [1.165, 1.54) is 18.4 Å². The molecule has 0 amide bonds. The molecule has 0 radical (unpaired) electrons. The van der Waals surface area contributed by atoms with Crippen LogP contribution in [0.1, 0.15) is 65.2 Å². The molecule has 4 fully saturated rings. The zero-order valence-electron chi connectivity index (χ0n) is 16.4. The van der Waals surface area contributed by atoms with Crippen LogP contribution < -0.4 is 0 Å². The molecule has 0 aliphatic heterocycles. The van der Waals surface area contributed by atoms with Crippen LogP contribution in [0.25, 0.3) is 0 Å². The van der Waals surface area contributed by atoms with Crippen LogP contribution in [0, 0.1) is 34.5 Å². The third-order valence-electron chi connectivity index (χ3n) is 8.95. The maximum absolute atomic E-state index is 12.6. The van der Waals surface area contributed by atoms with E-state index >= 15 is 0 Å². The van der Waals surface area contributed by atoms with Gasteiger partial charge in [-0.15, -0.1) is 0 Å². The van der Waals surface area contributed by atoms with E-state index in [9.17, 15) is 4.79 Å². The Morgan fingerprint density at radius 1 is 1.08 bits per heavy atom. The third-order valence-corrected chi connectivity index (χ3v) is 8.95. The Morgan fingerprint density at radius 2 is 1.80 bits per heavy atom. The summed E-state index contributed by atoms with van der Waals surface area (Å²) in [7, 11) is 3.57. The van der Waals surface area contributed by atoms with Crippen molar-refractivity contribution in [1.82, 2.24) is 0 Å². The van der Waals surface area contributed by atoms with Crippen molar-refractivity contribution < 1.29 is 14.3 Å². The summed E-state index contributed by atoms with van der Waals surface area (Å²) < 4.78 is 11.6. The first-order valence-corrected chi connectivity index (χ1v) is 10.1. The fraction of sp³-hybridized carbons (Fsp3) is 0.864. The molecule has 4 aliphatic carbocycles. The summed E-state index contributed by atoms with van der Waals surface area (Å²) in [6.45, 7) is 9.26. The number of ketones is 1. The van der Waals surface area contributed by atoms with Crippen molar-refractivity contribution in [3.8, 4) is 0 Å². The second-order valence-electron chi connectivity index (χ2n) is 9.77. The number of hydrogen-bond donors (Lipinski definition) is 0. The van der Waals surface area contributed by atoms with Gasteiger partial charge in [0.1, 0.15) is 5.78 Å². The van der Waals surface area contributed by atoms with E-state index in [2.05, 4.69) is 20.4 Å². The summed E-state index contributed by atoms with van der Waals surface area (Å²) >= 11 is 0. The van der Waals surface area contributed by atoms with Gasteiger partial charge in [0.25, 0.3) is 0 Å². The normalized spacial score (nSPS) is 48.6. The highest BCUT2D eigenvalue weighted by Gasteiger charge is 2.62. The third kappa shape index (κ3) is 2.27. The summed E-state index contributed by atoms with van der Waals surface area (Å²) in [6.07, 6.45) is 8.37. The molecule has 4 rings (SSSR count). The summed E-state index contributed by atoms with van der Waals surface area (Å²) in [6, 6.07) is 0. The fourth-order valence-electron chi connectivity index (χ4n) is 7.52. The number of ether oxygens (including phenoxy) is 2. The van der Waals surface area contributed by atoms with Crippen molar-refractivity contribution in [3.05, 3.63) is 12.2 Å². The molecule has 0 aromatic rings. The summed E-state index contributed by atoms with van der Waals surface area (Å²) in [5.74, 6) is 2.51. The summed E-state index contributed by atoms with van der Waals surface area (Å²) in [5, 5.41) is 0. The molecule has 0 aromatic heterocycles. The average molecular weight is 347 g/mol. The Kier molecular flexibility index (Phi) is 4.01. The van der Waals surface area contributed by atoms with Gasteiger partial charge in [-0.2, -0.15) is 0 Å². The number of methoxy groups -OCH3 is 2. The van der Waals surface area contributed by atoms with Crippen molar-refractivity contribution in [2.75, 3.05) is 14.2 Å². The first-order chi connectivity index (χ1) is 11.8. The molecule has 4 aliphatic rings. The second kappa shape index (κ2) is 5.66. The molecule has 0 unspecified atom stereocenters. The van der Waals surface area contributed by atoms with Crippen LogP contribution in [0.2, 0.25) is 0 Å². The lowest BCUT2D eigenvalue weighted by molar-refractivity contribution is -0.257. The van der Waals surface area contributed by atoms with Gasteiger partial charge < -0.3 is 9.47 Å². The molecule has 0 spiro atoms.